The van der Waals surface area contributed by atoms with E-state index in [0.29, 0.717) is 0 Å². The first-order chi connectivity index (χ1) is 9.61. The summed E-state index contributed by atoms with van der Waals surface area (Å²) in [5.74, 6) is -0.625. The lowest BCUT2D eigenvalue weighted by Crippen LogP contribution is -2.47. The predicted octanol–water partition coefficient (Wildman–Crippen LogP) is 1.92. The summed E-state index contributed by atoms with van der Waals surface area (Å²) in [6.45, 7) is 0.0691. The van der Waals surface area contributed by atoms with Gasteiger partial charge in [-0.25, -0.2) is 12.8 Å². The lowest BCUT2D eigenvalue weighted by molar-refractivity contribution is -0.160. The topological polar surface area (TPSA) is 58.2 Å². The molecule has 0 spiro atoms. The molecule has 0 aliphatic heterocycles. The minimum atomic E-state index is -4.64. The minimum absolute atomic E-state index is 0.0669. The largest absolute Gasteiger partial charge is 0.407 e. The number of benzene rings is 1. The number of hydrogen-bond acceptors (Lipinski definition) is 3. The molecule has 118 valence electrons. The van der Waals surface area contributed by atoms with Crippen LogP contribution in [0.25, 0.3) is 0 Å². The van der Waals surface area contributed by atoms with Crippen LogP contribution in [0.15, 0.2) is 23.1 Å². The van der Waals surface area contributed by atoms with Crippen LogP contribution in [-0.4, -0.2) is 27.2 Å². The highest BCUT2D eigenvalue weighted by Crippen LogP contribution is 2.49. The molecule has 0 bridgehead atoms. The van der Waals surface area contributed by atoms with Crippen LogP contribution in [0, 0.1) is 5.82 Å². The quantitative estimate of drug-likeness (QED) is 0.813. The molecule has 1 aliphatic rings. The second-order valence-corrected chi connectivity index (χ2v) is 6.65. The Morgan fingerprint density at radius 3 is 2.38 bits per heavy atom. The van der Waals surface area contributed by atoms with Gasteiger partial charge in [0.05, 0.1) is 4.90 Å². The maximum atomic E-state index is 13.4. The summed E-state index contributed by atoms with van der Waals surface area (Å²) < 4.78 is 77.7. The van der Waals surface area contributed by atoms with Crippen molar-refractivity contribution < 1.29 is 26.0 Å². The van der Waals surface area contributed by atoms with Gasteiger partial charge in [0.15, 0.2) is 0 Å². The van der Waals surface area contributed by atoms with Gasteiger partial charge in [0.2, 0.25) is 10.0 Å². The summed E-state index contributed by atoms with van der Waals surface area (Å²) in [5, 5.41) is 2.65. The van der Waals surface area contributed by atoms with E-state index < -0.39 is 27.6 Å². The Labute approximate surface area is 119 Å². The molecular weight excluding hydrogens is 312 g/mol. The molecule has 0 aromatic heterocycles. The molecule has 0 saturated heterocycles. The summed E-state index contributed by atoms with van der Waals surface area (Å²) in [7, 11) is -2.82. The van der Waals surface area contributed by atoms with Crippen molar-refractivity contribution in [1.82, 2.24) is 10.0 Å². The Kier molecular flexibility index (Phi) is 4.02. The highest BCUT2D eigenvalue weighted by Gasteiger charge is 2.65. The van der Waals surface area contributed by atoms with Crippen LogP contribution in [0.2, 0.25) is 0 Å². The van der Waals surface area contributed by atoms with E-state index in [4.69, 9.17) is 0 Å². The van der Waals surface area contributed by atoms with E-state index >= 15 is 0 Å². The Hall–Kier alpha value is -1.19. The molecular formula is C12H14F4N2O2S. The first-order valence-electron chi connectivity index (χ1n) is 6.15. The van der Waals surface area contributed by atoms with Gasteiger partial charge in [0.1, 0.15) is 11.4 Å². The van der Waals surface area contributed by atoms with Crippen molar-refractivity contribution >= 4 is 10.0 Å². The number of hydrogen-bond donors (Lipinski definition) is 2. The fourth-order valence-corrected chi connectivity index (χ4v) is 3.43. The zero-order chi connectivity index (χ0) is 15.9. The summed E-state index contributed by atoms with van der Waals surface area (Å²) in [6, 6.07) is 2.90. The zero-order valence-electron chi connectivity index (χ0n) is 11.1. The number of sulfonamides is 1. The second-order valence-electron chi connectivity index (χ2n) is 4.97. The van der Waals surface area contributed by atoms with Crippen molar-refractivity contribution in [2.75, 3.05) is 7.05 Å². The van der Waals surface area contributed by atoms with Gasteiger partial charge in [-0.1, -0.05) is 0 Å². The van der Waals surface area contributed by atoms with Crippen molar-refractivity contribution in [3.05, 3.63) is 29.6 Å². The average Bonchev–Trinajstić information content (AvgIpc) is 3.11. The molecule has 2 N–H and O–H groups in total. The molecule has 1 aromatic rings. The Balaban J connectivity index is 2.31. The van der Waals surface area contributed by atoms with E-state index in [1.165, 1.54) is 0 Å². The van der Waals surface area contributed by atoms with Gasteiger partial charge in [0.25, 0.3) is 0 Å². The van der Waals surface area contributed by atoms with E-state index in [2.05, 4.69) is 5.32 Å². The molecule has 1 fully saturated rings. The third-order valence-electron chi connectivity index (χ3n) is 3.32. The van der Waals surface area contributed by atoms with Gasteiger partial charge in [-0.2, -0.15) is 17.9 Å². The van der Waals surface area contributed by atoms with Crippen LogP contribution in [0.3, 0.4) is 0 Å². The van der Waals surface area contributed by atoms with Crippen molar-refractivity contribution in [1.29, 1.82) is 0 Å². The molecule has 0 amide bonds. The fourth-order valence-electron chi connectivity index (χ4n) is 1.93. The van der Waals surface area contributed by atoms with Crippen LogP contribution < -0.4 is 10.0 Å². The third-order valence-corrected chi connectivity index (χ3v) is 4.85. The summed E-state index contributed by atoms with van der Waals surface area (Å²) in [4.78, 5) is -0.385. The van der Waals surface area contributed by atoms with E-state index in [0.717, 1.165) is 18.2 Å². The van der Waals surface area contributed by atoms with Gasteiger partial charge >= 0.3 is 6.18 Å². The smallest absolute Gasteiger partial charge is 0.316 e. The highest BCUT2D eigenvalue weighted by atomic mass is 32.2. The van der Waals surface area contributed by atoms with E-state index in [1.807, 2.05) is 0 Å². The van der Waals surface area contributed by atoms with E-state index in [-0.39, 0.29) is 29.8 Å². The molecule has 0 atom stereocenters. The Morgan fingerprint density at radius 2 is 1.90 bits per heavy atom. The monoisotopic (exact) mass is 326 g/mol. The maximum Gasteiger partial charge on any atom is 0.407 e. The lowest BCUT2D eigenvalue weighted by atomic mass is 10.2. The van der Waals surface area contributed by atoms with Crippen LogP contribution in [0.1, 0.15) is 18.4 Å². The molecule has 0 unspecified atom stereocenters. The van der Waals surface area contributed by atoms with Gasteiger partial charge in [0, 0.05) is 12.1 Å². The fraction of sp³-hybridized carbons (Fsp3) is 0.500. The summed E-state index contributed by atoms with van der Waals surface area (Å²) in [6.07, 6.45) is -5.23. The molecule has 21 heavy (non-hydrogen) atoms. The first-order valence-corrected chi connectivity index (χ1v) is 7.63. The zero-order valence-corrected chi connectivity index (χ0v) is 11.9. The maximum absolute atomic E-state index is 13.4. The van der Waals surface area contributed by atoms with Gasteiger partial charge in [-0.15, -0.1) is 0 Å². The van der Waals surface area contributed by atoms with Gasteiger partial charge < -0.3 is 5.32 Å². The standard InChI is InChI=1S/C12H14F4N2O2S/c1-17-7-8-6-9(2-3-10(8)13)21(19,20)18-11(4-5-11)12(14,15)16/h2-3,6,17-18H,4-5,7H2,1H3. The van der Waals surface area contributed by atoms with Crippen molar-refractivity contribution in [3.8, 4) is 0 Å². The minimum Gasteiger partial charge on any atom is -0.316 e. The van der Waals surface area contributed by atoms with Crippen molar-refractivity contribution in [3.63, 3.8) is 0 Å². The molecule has 0 radical (unpaired) electrons. The van der Waals surface area contributed by atoms with Crippen LogP contribution >= 0.6 is 0 Å². The van der Waals surface area contributed by atoms with Gasteiger partial charge in [-0.05, 0) is 38.1 Å². The lowest BCUT2D eigenvalue weighted by Gasteiger charge is -2.20. The Morgan fingerprint density at radius 1 is 1.29 bits per heavy atom. The average molecular weight is 326 g/mol. The number of alkyl halides is 3. The number of halogens is 4. The van der Waals surface area contributed by atoms with E-state index in [9.17, 15) is 26.0 Å². The molecule has 9 heteroatoms. The number of nitrogens with one attached hydrogen (secondary N) is 2. The van der Waals surface area contributed by atoms with Crippen molar-refractivity contribution in [2.24, 2.45) is 0 Å². The second kappa shape index (κ2) is 5.22. The summed E-state index contributed by atoms with van der Waals surface area (Å²) >= 11 is 0. The SMILES string of the molecule is CNCc1cc(S(=O)(=O)NC2(C(F)(F)F)CC2)ccc1F. The molecule has 0 heterocycles. The summed E-state index contributed by atoms with van der Waals surface area (Å²) in [5.41, 5.74) is -2.32. The van der Waals surface area contributed by atoms with Gasteiger partial charge in [-0.3, -0.25) is 0 Å². The van der Waals surface area contributed by atoms with Crippen LogP contribution in [0.4, 0.5) is 17.6 Å². The third kappa shape index (κ3) is 3.19. The van der Waals surface area contributed by atoms with Crippen LogP contribution in [-0.2, 0) is 16.6 Å². The molecule has 4 nitrogen and oxygen atoms in total. The molecule has 1 saturated carbocycles. The molecule has 1 aromatic carbocycles. The molecule has 1 aliphatic carbocycles. The number of rotatable bonds is 5. The first kappa shape index (κ1) is 16.2. The normalized spacial score (nSPS) is 17.8. The van der Waals surface area contributed by atoms with E-state index in [1.54, 1.807) is 11.8 Å². The van der Waals surface area contributed by atoms with Crippen LogP contribution in [0.5, 0.6) is 0 Å². The van der Waals surface area contributed by atoms with Crippen molar-refractivity contribution in [2.45, 2.75) is 36.0 Å². The predicted molar refractivity (Wildman–Crippen MR) is 67.5 cm³/mol. The Bertz CT molecular complexity index is 639. The highest BCUT2D eigenvalue weighted by molar-refractivity contribution is 7.89. The molecule has 2 rings (SSSR count).